The van der Waals surface area contributed by atoms with E-state index in [4.69, 9.17) is 5.26 Å². The van der Waals surface area contributed by atoms with Crippen LogP contribution in [0.15, 0.2) is 0 Å². The van der Waals surface area contributed by atoms with Gasteiger partial charge >= 0.3 is 0 Å². The molecule has 0 atom stereocenters. The quantitative estimate of drug-likeness (QED) is 0.603. The summed E-state index contributed by atoms with van der Waals surface area (Å²) in [5.74, 6) is 0. The maximum Gasteiger partial charge on any atom is 0.208 e. The molecule has 0 aromatic carbocycles. The number of rotatable bonds is 9. The Morgan fingerprint density at radius 1 is 1.18 bits per heavy atom. The molecule has 0 aliphatic rings. The van der Waals surface area contributed by atoms with Crippen LogP contribution in [-0.2, 0) is 10.0 Å². The zero-order valence-corrected chi connectivity index (χ0v) is 11.7. The van der Waals surface area contributed by atoms with Crippen LogP contribution in [0.3, 0.4) is 0 Å². The largest absolute Gasteiger partial charge is 0.315 e. The fourth-order valence-corrected chi connectivity index (χ4v) is 1.80. The predicted octanol–water partition coefficient (Wildman–Crippen LogP) is 0.845. The summed E-state index contributed by atoms with van der Waals surface area (Å²) in [6, 6.07) is 2.27. The van der Waals surface area contributed by atoms with Gasteiger partial charge in [0.15, 0.2) is 0 Å². The molecule has 100 valence electrons. The van der Waals surface area contributed by atoms with Gasteiger partial charge in [-0.25, -0.2) is 13.1 Å². The van der Waals surface area contributed by atoms with Gasteiger partial charge in [-0.3, -0.25) is 0 Å². The van der Waals surface area contributed by atoms with E-state index in [1.807, 2.05) is 13.8 Å². The summed E-state index contributed by atoms with van der Waals surface area (Å²) >= 11 is 0. The normalized spacial score (nSPS) is 12.4. The van der Waals surface area contributed by atoms with E-state index in [9.17, 15) is 8.42 Å². The van der Waals surface area contributed by atoms with Gasteiger partial charge in [0.05, 0.1) is 17.7 Å². The molecule has 0 amide bonds. The van der Waals surface area contributed by atoms with Gasteiger partial charge in [0, 0.05) is 13.1 Å². The van der Waals surface area contributed by atoms with Gasteiger partial charge in [0.25, 0.3) is 0 Å². The lowest BCUT2D eigenvalue weighted by atomic mass is 9.89. The monoisotopic (exact) mass is 261 g/mol. The third-order valence-electron chi connectivity index (χ3n) is 2.37. The molecule has 0 saturated carbocycles. The molecule has 0 heterocycles. The van der Waals surface area contributed by atoms with Crippen molar-refractivity contribution in [3.05, 3.63) is 0 Å². The van der Waals surface area contributed by atoms with Gasteiger partial charge in [-0.05, 0) is 33.2 Å². The first-order valence-corrected chi connectivity index (χ1v) is 7.72. The van der Waals surface area contributed by atoms with E-state index >= 15 is 0 Å². The molecule has 0 aromatic rings. The first-order chi connectivity index (χ1) is 7.77. The van der Waals surface area contributed by atoms with Crippen LogP contribution in [0.1, 0.15) is 33.1 Å². The van der Waals surface area contributed by atoms with Gasteiger partial charge in [-0.15, -0.1) is 0 Å². The highest BCUT2D eigenvalue weighted by Crippen LogP contribution is 2.21. The summed E-state index contributed by atoms with van der Waals surface area (Å²) in [5.41, 5.74) is -0.238. The highest BCUT2D eigenvalue weighted by molar-refractivity contribution is 7.88. The van der Waals surface area contributed by atoms with Crippen molar-refractivity contribution in [1.82, 2.24) is 10.0 Å². The van der Waals surface area contributed by atoms with Gasteiger partial charge < -0.3 is 5.32 Å². The molecule has 0 unspecified atom stereocenters. The zero-order chi connectivity index (χ0) is 13.4. The van der Waals surface area contributed by atoms with Crippen LogP contribution in [0.2, 0.25) is 0 Å². The number of nitrogens with zero attached hydrogens (tertiary/aromatic N) is 1. The zero-order valence-electron chi connectivity index (χ0n) is 10.9. The molecule has 0 fully saturated rings. The molecule has 0 saturated heterocycles. The second kappa shape index (κ2) is 7.64. The van der Waals surface area contributed by atoms with Crippen LogP contribution in [0.25, 0.3) is 0 Å². The molecule has 0 bridgehead atoms. The van der Waals surface area contributed by atoms with Crippen LogP contribution in [0.5, 0.6) is 0 Å². The van der Waals surface area contributed by atoms with Crippen LogP contribution < -0.4 is 10.0 Å². The fraction of sp³-hybridized carbons (Fsp3) is 0.909. The molecule has 5 nitrogen and oxygen atoms in total. The predicted molar refractivity (Wildman–Crippen MR) is 69.0 cm³/mol. The van der Waals surface area contributed by atoms with E-state index in [0.717, 1.165) is 32.1 Å². The van der Waals surface area contributed by atoms with Gasteiger partial charge in [-0.2, -0.15) is 5.26 Å². The number of nitriles is 1. The second-order valence-electron chi connectivity index (χ2n) is 4.87. The summed E-state index contributed by atoms with van der Waals surface area (Å²) in [6.45, 7) is 5.79. The van der Waals surface area contributed by atoms with E-state index < -0.39 is 10.0 Å². The Hall–Kier alpha value is -0.640. The van der Waals surface area contributed by atoms with Crippen LogP contribution in [-0.4, -0.2) is 34.3 Å². The third-order valence-corrected chi connectivity index (χ3v) is 3.10. The standard InChI is InChI=1S/C11H23N3O2S/c1-11(2,10-12)6-4-5-7-13-8-9-14-17(3,15)16/h13-14H,4-9H2,1-3H3. The number of sulfonamides is 1. The van der Waals surface area contributed by atoms with Gasteiger partial charge in [0.1, 0.15) is 0 Å². The Bertz CT molecular complexity index is 344. The van der Waals surface area contributed by atoms with Crippen LogP contribution in [0.4, 0.5) is 0 Å². The number of hydrogen-bond donors (Lipinski definition) is 2. The van der Waals surface area contributed by atoms with E-state index in [-0.39, 0.29) is 5.41 Å². The summed E-state index contributed by atoms with van der Waals surface area (Å²) in [7, 11) is -3.07. The van der Waals surface area contributed by atoms with E-state index in [0.29, 0.717) is 13.1 Å². The molecule has 0 spiro atoms. The Morgan fingerprint density at radius 3 is 2.35 bits per heavy atom. The Kier molecular flexibility index (Phi) is 7.35. The lowest BCUT2D eigenvalue weighted by molar-refractivity contribution is 0.422. The highest BCUT2D eigenvalue weighted by atomic mass is 32.2. The SMILES string of the molecule is CC(C)(C#N)CCCCNCCNS(C)(=O)=O. The van der Waals surface area contributed by atoms with Gasteiger partial charge in [-0.1, -0.05) is 6.42 Å². The molecule has 0 rings (SSSR count). The molecule has 0 radical (unpaired) electrons. The molecular weight excluding hydrogens is 238 g/mol. The van der Waals surface area contributed by atoms with Crippen molar-refractivity contribution < 1.29 is 8.42 Å². The molecular formula is C11H23N3O2S. The number of nitrogens with one attached hydrogen (secondary N) is 2. The van der Waals surface area contributed by atoms with Crippen LogP contribution in [0, 0.1) is 16.7 Å². The maximum absolute atomic E-state index is 10.7. The lowest BCUT2D eigenvalue weighted by Crippen LogP contribution is -2.31. The first-order valence-electron chi connectivity index (χ1n) is 5.83. The third kappa shape index (κ3) is 11.6. The summed E-state index contributed by atoms with van der Waals surface area (Å²) in [6.07, 6.45) is 4.06. The second-order valence-corrected chi connectivity index (χ2v) is 6.70. The van der Waals surface area contributed by atoms with Crippen molar-refractivity contribution in [2.75, 3.05) is 25.9 Å². The Morgan fingerprint density at radius 2 is 1.82 bits per heavy atom. The van der Waals surface area contributed by atoms with E-state index in [1.165, 1.54) is 0 Å². The van der Waals surface area contributed by atoms with Crippen molar-refractivity contribution in [3.63, 3.8) is 0 Å². The minimum absolute atomic E-state index is 0.238. The summed E-state index contributed by atoms with van der Waals surface area (Å²) in [5, 5.41) is 12.0. The van der Waals surface area contributed by atoms with Crippen molar-refractivity contribution >= 4 is 10.0 Å². The molecule has 6 heteroatoms. The lowest BCUT2D eigenvalue weighted by Gasteiger charge is -2.14. The van der Waals surface area contributed by atoms with Crippen molar-refractivity contribution in [1.29, 1.82) is 5.26 Å². The number of hydrogen-bond acceptors (Lipinski definition) is 4. The van der Waals surface area contributed by atoms with Crippen molar-refractivity contribution in [3.8, 4) is 6.07 Å². The average Bonchev–Trinajstić information content (AvgIpc) is 2.20. The minimum Gasteiger partial charge on any atom is -0.315 e. The molecule has 0 aliphatic heterocycles. The van der Waals surface area contributed by atoms with Crippen molar-refractivity contribution in [2.24, 2.45) is 5.41 Å². The van der Waals surface area contributed by atoms with E-state index in [1.54, 1.807) is 0 Å². The average molecular weight is 261 g/mol. The topological polar surface area (TPSA) is 82.0 Å². The minimum atomic E-state index is -3.07. The van der Waals surface area contributed by atoms with E-state index in [2.05, 4.69) is 16.1 Å². The molecule has 2 N–H and O–H groups in total. The Balaban J connectivity index is 3.34. The summed E-state index contributed by atoms with van der Waals surface area (Å²) < 4.78 is 23.9. The smallest absolute Gasteiger partial charge is 0.208 e. The maximum atomic E-state index is 10.7. The van der Waals surface area contributed by atoms with Gasteiger partial charge in [0.2, 0.25) is 10.0 Å². The highest BCUT2D eigenvalue weighted by Gasteiger charge is 2.15. The first kappa shape index (κ1) is 16.4. The molecule has 0 aliphatic carbocycles. The number of unbranched alkanes of at least 4 members (excludes halogenated alkanes) is 1. The fourth-order valence-electron chi connectivity index (χ4n) is 1.32. The molecule has 0 aromatic heterocycles. The van der Waals surface area contributed by atoms with Crippen LogP contribution >= 0.6 is 0 Å². The molecule has 17 heavy (non-hydrogen) atoms. The van der Waals surface area contributed by atoms with Crippen molar-refractivity contribution in [2.45, 2.75) is 33.1 Å². The summed E-state index contributed by atoms with van der Waals surface area (Å²) in [4.78, 5) is 0. The Labute approximate surface area is 105 Å².